The van der Waals surface area contributed by atoms with E-state index >= 15 is 0 Å². The Bertz CT molecular complexity index is 928. The maximum absolute atomic E-state index is 13.0. The average molecular weight is 382 g/mol. The van der Waals surface area contributed by atoms with Gasteiger partial charge in [0.15, 0.2) is 5.79 Å². The molecule has 0 unspecified atom stereocenters. The molecule has 2 aliphatic rings. The van der Waals surface area contributed by atoms with Crippen LogP contribution in [0.15, 0.2) is 47.4 Å². The maximum Gasteiger partial charge on any atom is 0.263 e. The molecule has 1 amide bonds. The Morgan fingerprint density at radius 1 is 1.21 bits per heavy atom. The molecule has 0 radical (unpaired) electrons. The fourth-order valence-electron chi connectivity index (χ4n) is 4.02. The lowest BCUT2D eigenvalue weighted by Gasteiger charge is -2.37. The molecule has 6 heteroatoms. The third kappa shape index (κ3) is 3.75. The number of pyridine rings is 1. The van der Waals surface area contributed by atoms with Crippen LogP contribution in [0.25, 0.3) is 0 Å². The molecule has 0 saturated carbocycles. The van der Waals surface area contributed by atoms with E-state index in [1.807, 2.05) is 38.1 Å². The lowest BCUT2D eigenvalue weighted by atomic mass is 10.0. The van der Waals surface area contributed by atoms with Crippen LogP contribution >= 0.6 is 0 Å². The minimum absolute atomic E-state index is 0.0881. The molecule has 2 saturated heterocycles. The summed E-state index contributed by atoms with van der Waals surface area (Å²) < 4.78 is 13.3. The highest BCUT2D eigenvalue weighted by atomic mass is 16.7. The number of amides is 1. The molecule has 6 nitrogen and oxygen atoms in total. The van der Waals surface area contributed by atoms with Crippen LogP contribution in [0.5, 0.6) is 0 Å². The zero-order valence-corrected chi connectivity index (χ0v) is 16.4. The van der Waals surface area contributed by atoms with Crippen molar-refractivity contribution in [2.24, 2.45) is 0 Å². The van der Waals surface area contributed by atoms with E-state index in [2.05, 4.69) is 0 Å². The Balaban J connectivity index is 1.49. The van der Waals surface area contributed by atoms with Crippen molar-refractivity contribution in [1.82, 2.24) is 9.47 Å². The zero-order chi connectivity index (χ0) is 19.7. The molecule has 1 aromatic heterocycles. The molecule has 1 aromatic carbocycles. The van der Waals surface area contributed by atoms with Gasteiger partial charge < -0.3 is 18.9 Å². The molecule has 3 heterocycles. The van der Waals surface area contributed by atoms with Crippen molar-refractivity contribution in [2.45, 2.75) is 45.1 Å². The van der Waals surface area contributed by atoms with E-state index in [4.69, 9.17) is 9.47 Å². The fraction of sp³-hybridized carbons (Fsp3) is 0.455. The Morgan fingerprint density at radius 2 is 2.00 bits per heavy atom. The Hall–Kier alpha value is -2.44. The van der Waals surface area contributed by atoms with Crippen molar-refractivity contribution < 1.29 is 14.3 Å². The van der Waals surface area contributed by atoms with Gasteiger partial charge in [-0.15, -0.1) is 0 Å². The zero-order valence-electron chi connectivity index (χ0n) is 16.4. The summed E-state index contributed by atoms with van der Waals surface area (Å²) >= 11 is 0. The van der Waals surface area contributed by atoms with Gasteiger partial charge in [0.2, 0.25) is 0 Å². The molecule has 28 heavy (non-hydrogen) atoms. The monoisotopic (exact) mass is 382 g/mol. The summed E-state index contributed by atoms with van der Waals surface area (Å²) in [4.78, 5) is 27.6. The van der Waals surface area contributed by atoms with Gasteiger partial charge >= 0.3 is 0 Å². The van der Waals surface area contributed by atoms with Crippen LogP contribution in [-0.4, -0.2) is 47.0 Å². The predicted octanol–water partition coefficient (Wildman–Crippen LogP) is 2.57. The van der Waals surface area contributed by atoms with Gasteiger partial charge in [-0.25, -0.2) is 0 Å². The fourth-order valence-corrected chi connectivity index (χ4v) is 4.02. The van der Waals surface area contributed by atoms with Crippen LogP contribution in [0.4, 0.5) is 0 Å². The third-order valence-corrected chi connectivity index (χ3v) is 5.50. The van der Waals surface area contributed by atoms with Gasteiger partial charge in [-0.1, -0.05) is 29.8 Å². The molecule has 2 aliphatic heterocycles. The van der Waals surface area contributed by atoms with Crippen molar-refractivity contribution in [3.63, 3.8) is 0 Å². The standard InChI is InChI=1S/C22H26N2O4/c1-16-5-3-6-18(13-16)14-24-10-4-7-19(21(24)26)20(25)23-11-8-22(9-12-23)27-15-17(2)28-22/h3-7,10,13,17H,8-9,11-12,14-15H2,1-2H3/t17-/m1/s1. The van der Waals surface area contributed by atoms with Gasteiger partial charge in [0, 0.05) is 32.1 Å². The van der Waals surface area contributed by atoms with E-state index in [-0.39, 0.29) is 23.1 Å². The second kappa shape index (κ2) is 7.53. The topological polar surface area (TPSA) is 60.8 Å². The van der Waals surface area contributed by atoms with E-state index < -0.39 is 5.79 Å². The average Bonchev–Trinajstić information content (AvgIpc) is 3.04. The van der Waals surface area contributed by atoms with Gasteiger partial charge in [0.25, 0.3) is 11.5 Å². The lowest BCUT2D eigenvalue weighted by molar-refractivity contribution is -0.189. The number of carbonyl (C=O) groups is 1. The van der Waals surface area contributed by atoms with E-state index in [1.54, 1.807) is 27.8 Å². The van der Waals surface area contributed by atoms with E-state index in [0.717, 1.165) is 11.1 Å². The number of likely N-dealkylation sites (tertiary alicyclic amines) is 1. The lowest BCUT2D eigenvalue weighted by Crippen LogP contribution is -2.48. The number of hydrogen-bond acceptors (Lipinski definition) is 4. The Kier molecular flexibility index (Phi) is 5.08. The van der Waals surface area contributed by atoms with Crippen molar-refractivity contribution in [3.8, 4) is 0 Å². The number of hydrogen-bond donors (Lipinski definition) is 0. The van der Waals surface area contributed by atoms with Crippen LogP contribution in [0.1, 0.15) is 41.3 Å². The first-order valence-electron chi connectivity index (χ1n) is 9.82. The number of aryl methyl sites for hydroxylation is 1. The molecule has 2 fully saturated rings. The van der Waals surface area contributed by atoms with E-state index in [9.17, 15) is 9.59 Å². The van der Waals surface area contributed by atoms with Gasteiger partial charge in [0.1, 0.15) is 5.56 Å². The van der Waals surface area contributed by atoms with Gasteiger partial charge in [-0.2, -0.15) is 0 Å². The van der Waals surface area contributed by atoms with Crippen molar-refractivity contribution in [3.05, 3.63) is 69.6 Å². The molecule has 1 spiro atoms. The van der Waals surface area contributed by atoms with Gasteiger partial charge in [0.05, 0.1) is 19.3 Å². The minimum Gasteiger partial charge on any atom is -0.347 e. The predicted molar refractivity (Wildman–Crippen MR) is 105 cm³/mol. The summed E-state index contributed by atoms with van der Waals surface area (Å²) in [6.45, 7) is 6.11. The van der Waals surface area contributed by atoms with Crippen LogP contribution in [0.3, 0.4) is 0 Å². The van der Waals surface area contributed by atoms with Crippen molar-refractivity contribution in [1.29, 1.82) is 0 Å². The quantitative estimate of drug-likeness (QED) is 0.819. The summed E-state index contributed by atoms with van der Waals surface area (Å²) in [7, 11) is 0. The molecule has 0 aliphatic carbocycles. The molecule has 4 rings (SSSR count). The normalized spacial score (nSPS) is 21.2. The van der Waals surface area contributed by atoms with Gasteiger partial charge in [-0.3, -0.25) is 9.59 Å². The smallest absolute Gasteiger partial charge is 0.263 e. The number of nitrogens with zero attached hydrogens (tertiary/aromatic N) is 2. The van der Waals surface area contributed by atoms with Crippen LogP contribution in [0.2, 0.25) is 0 Å². The Labute approximate surface area is 164 Å². The largest absolute Gasteiger partial charge is 0.347 e. The number of benzene rings is 1. The second-order valence-corrected chi connectivity index (χ2v) is 7.79. The molecule has 1 atom stereocenters. The van der Waals surface area contributed by atoms with E-state index in [0.29, 0.717) is 39.1 Å². The summed E-state index contributed by atoms with van der Waals surface area (Å²) in [5, 5.41) is 0. The molecule has 0 N–H and O–H groups in total. The first kappa shape index (κ1) is 18.9. The number of carbonyl (C=O) groups excluding carboxylic acids is 1. The Morgan fingerprint density at radius 3 is 2.68 bits per heavy atom. The highest BCUT2D eigenvalue weighted by molar-refractivity contribution is 5.93. The molecule has 0 bridgehead atoms. The van der Waals surface area contributed by atoms with Crippen LogP contribution < -0.4 is 5.56 Å². The number of rotatable bonds is 3. The molecular weight excluding hydrogens is 356 g/mol. The van der Waals surface area contributed by atoms with Crippen molar-refractivity contribution >= 4 is 5.91 Å². The highest BCUT2D eigenvalue weighted by Crippen LogP contribution is 2.34. The third-order valence-electron chi connectivity index (χ3n) is 5.50. The van der Waals surface area contributed by atoms with E-state index in [1.165, 1.54) is 0 Å². The maximum atomic E-state index is 13.0. The SMILES string of the molecule is Cc1cccc(Cn2cccc(C(=O)N3CCC4(CC3)OC[C@@H](C)O4)c2=O)c1. The summed E-state index contributed by atoms with van der Waals surface area (Å²) in [6, 6.07) is 11.4. The van der Waals surface area contributed by atoms with Crippen LogP contribution in [-0.2, 0) is 16.0 Å². The molecule has 2 aromatic rings. The summed E-state index contributed by atoms with van der Waals surface area (Å²) in [5.74, 6) is -0.775. The second-order valence-electron chi connectivity index (χ2n) is 7.79. The number of piperidine rings is 1. The summed E-state index contributed by atoms with van der Waals surface area (Å²) in [6.07, 6.45) is 3.08. The molecule has 148 valence electrons. The summed E-state index contributed by atoms with van der Waals surface area (Å²) in [5.41, 5.74) is 2.14. The first-order valence-corrected chi connectivity index (χ1v) is 9.82. The van der Waals surface area contributed by atoms with Gasteiger partial charge in [-0.05, 0) is 31.5 Å². The van der Waals surface area contributed by atoms with Crippen molar-refractivity contribution in [2.75, 3.05) is 19.7 Å². The first-order chi connectivity index (χ1) is 13.5. The van der Waals surface area contributed by atoms with Crippen LogP contribution in [0, 0.1) is 6.92 Å². The minimum atomic E-state index is -0.557. The number of aromatic nitrogens is 1. The highest BCUT2D eigenvalue weighted by Gasteiger charge is 2.43. The number of ether oxygens (including phenoxy) is 2. The molecular formula is C22H26N2O4.